The quantitative estimate of drug-likeness (QED) is 0.680. The molecule has 6 heteroatoms. The zero-order valence-electron chi connectivity index (χ0n) is 12.5. The van der Waals surface area contributed by atoms with Crippen LogP contribution >= 0.6 is 0 Å². The summed E-state index contributed by atoms with van der Waals surface area (Å²) in [7, 11) is 1.89. The smallest absolute Gasteiger partial charge is 0.273 e. The molecular formula is C15H21N3O3. The second-order valence-electron chi connectivity index (χ2n) is 5.33. The Kier molecular flexibility index (Phi) is 4.90. The molecule has 0 spiro atoms. The number of nitrogens with one attached hydrogen (secondary N) is 1. The number of nitro groups is 1. The van der Waals surface area contributed by atoms with Crippen molar-refractivity contribution >= 4 is 11.6 Å². The van der Waals surface area contributed by atoms with Gasteiger partial charge in [-0.15, -0.1) is 0 Å². The Morgan fingerprint density at radius 2 is 2.29 bits per heavy atom. The van der Waals surface area contributed by atoms with Crippen molar-refractivity contribution < 1.29 is 9.72 Å². The molecule has 0 aliphatic carbocycles. The Hall–Kier alpha value is -1.95. The van der Waals surface area contributed by atoms with E-state index in [0.717, 1.165) is 12.8 Å². The first-order valence-electron chi connectivity index (χ1n) is 7.30. The summed E-state index contributed by atoms with van der Waals surface area (Å²) in [5.41, 5.74) is 1.09. The molecule has 21 heavy (non-hydrogen) atoms. The Morgan fingerprint density at radius 1 is 1.52 bits per heavy atom. The number of piperidine rings is 1. The van der Waals surface area contributed by atoms with Gasteiger partial charge in [-0.05, 0) is 32.4 Å². The fourth-order valence-electron chi connectivity index (χ4n) is 2.75. The van der Waals surface area contributed by atoms with Crippen molar-refractivity contribution in [3.8, 4) is 0 Å². The summed E-state index contributed by atoms with van der Waals surface area (Å²) in [5, 5.41) is 14.3. The van der Waals surface area contributed by atoms with Gasteiger partial charge in [0.2, 0.25) is 0 Å². The van der Waals surface area contributed by atoms with E-state index in [4.69, 9.17) is 0 Å². The van der Waals surface area contributed by atoms with Crippen LogP contribution in [0.15, 0.2) is 18.2 Å². The topological polar surface area (TPSA) is 75.5 Å². The molecule has 1 unspecified atom stereocenters. The number of carbonyl (C=O) groups excluding carboxylic acids is 1. The number of hydrogen-bond acceptors (Lipinski definition) is 4. The molecule has 2 rings (SSSR count). The predicted molar refractivity (Wildman–Crippen MR) is 80.5 cm³/mol. The van der Waals surface area contributed by atoms with Crippen molar-refractivity contribution in [3.05, 3.63) is 39.4 Å². The number of hydrogen-bond donors (Lipinski definition) is 1. The van der Waals surface area contributed by atoms with Gasteiger partial charge in [-0.25, -0.2) is 0 Å². The molecule has 0 saturated carbocycles. The number of amides is 1. The molecule has 1 aliphatic rings. The first-order valence-corrected chi connectivity index (χ1v) is 7.30. The molecule has 0 aromatic heterocycles. The molecule has 6 nitrogen and oxygen atoms in total. The average molecular weight is 291 g/mol. The van der Waals surface area contributed by atoms with Crippen LogP contribution in [-0.2, 0) is 6.42 Å². The van der Waals surface area contributed by atoms with Crippen molar-refractivity contribution in [2.45, 2.75) is 32.2 Å². The van der Waals surface area contributed by atoms with Gasteiger partial charge in [0.05, 0.1) is 4.92 Å². The SMILES string of the molecule is CCc1ccc(C(=O)N2CCCC(NC)C2)cc1[N+](=O)[O-]. The van der Waals surface area contributed by atoms with E-state index in [-0.39, 0.29) is 11.6 Å². The van der Waals surface area contributed by atoms with Crippen LogP contribution in [0.2, 0.25) is 0 Å². The largest absolute Gasteiger partial charge is 0.337 e. The highest BCUT2D eigenvalue weighted by atomic mass is 16.6. The van der Waals surface area contributed by atoms with Gasteiger partial charge in [0.1, 0.15) is 0 Å². The highest BCUT2D eigenvalue weighted by molar-refractivity contribution is 5.95. The normalized spacial score (nSPS) is 18.6. The number of carbonyl (C=O) groups is 1. The monoisotopic (exact) mass is 291 g/mol. The molecule has 1 N–H and O–H groups in total. The van der Waals surface area contributed by atoms with Crippen molar-refractivity contribution in [3.63, 3.8) is 0 Å². The molecule has 114 valence electrons. The van der Waals surface area contributed by atoms with Gasteiger partial charge < -0.3 is 10.2 Å². The van der Waals surface area contributed by atoms with Gasteiger partial charge in [-0.3, -0.25) is 14.9 Å². The molecule has 1 fully saturated rings. The van der Waals surface area contributed by atoms with E-state index in [0.29, 0.717) is 36.7 Å². The molecule has 1 saturated heterocycles. The van der Waals surface area contributed by atoms with E-state index in [1.165, 1.54) is 6.07 Å². The van der Waals surface area contributed by atoms with E-state index in [9.17, 15) is 14.9 Å². The van der Waals surface area contributed by atoms with Crippen LogP contribution in [0, 0.1) is 10.1 Å². The summed E-state index contributed by atoms with van der Waals surface area (Å²) in [4.78, 5) is 25.0. The number of nitro benzene ring substituents is 1. The number of nitrogens with zero attached hydrogens (tertiary/aromatic N) is 2. The Balaban J connectivity index is 2.23. The average Bonchev–Trinajstić information content (AvgIpc) is 2.53. The van der Waals surface area contributed by atoms with Crippen LogP contribution in [0.4, 0.5) is 5.69 Å². The number of likely N-dealkylation sites (N-methyl/N-ethyl adjacent to an activating group) is 1. The number of benzene rings is 1. The summed E-state index contributed by atoms with van der Waals surface area (Å²) < 4.78 is 0. The van der Waals surface area contributed by atoms with Crippen LogP contribution < -0.4 is 5.32 Å². The number of aryl methyl sites for hydroxylation is 1. The number of likely N-dealkylation sites (tertiary alicyclic amines) is 1. The minimum absolute atomic E-state index is 0.0329. The van der Waals surface area contributed by atoms with Gasteiger partial charge in [0.15, 0.2) is 0 Å². The van der Waals surface area contributed by atoms with Gasteiger partial charge in [-0.2, -0.15) is 0 Å². The summed E-state index contributed by atoms with van der Waals surface area (Å²) in [6.07, 6.45) is 2.58. The highest BCUT2D eigenvalue weighted by Crippen LogP contribution is 2.22. The Labute approximate surface area is 124 Å². The molecule has 0 bridgehead atoms. The summed E-state index contributed by atoms with van der Waals surface area (Å²) in [6, 6.07) is 5.08. The van der Waals surface area contributed by atoms with E-state index in [2.05, 4.69) is 5.32 Å². The second kappa shape index (κ2) is 6.67. The Morgan fingerprint density at radius 3 is 2.90 bits per heavy atom. The zero-order chi connectivity index (χ0) is 15.4. The van der Waals surface area contributed by atoms with E-state index >= 15 is 0 Å². The van der Waals surface area contributed by atoms with E-state index in [1.807, 2.05) is 14.0 Å². The third-order valence-corrected chi connectivity index (χ3v) is 4.03. The van der Waals surface area contributed by atoms with Crippen LogP contribution in [0.3, 0.4) is 0 Å². The first kappa shape index (κ1) is 15.4. The molecular weight excluding hydrogens is 270 g/mol. The van der Waals surface area contributed by atoms with Crippen LogP contribution in [-0.4, -0.2) is 41.9 Å². The second-order valence-corrected chi connectivity index (χ2v) is 5.33. The molecule has 1 aromatic rings. The lowest BCUT2D eigenvalue weighted by atomic mass is 10.0. The van der Waals surface area contributed by atoms with Crippen molar-refractivity contribution in [1.29, 1.82) is 0 Å². The van der Waals surface area contributed by atoms with E-state index in [1.54, 1.807) is 17.0 Å². The van der Waals surface area contributed by atoms with Crippen LogP contribution in [0.25, 0.3) is 0 Å². The van der Waals surface area contributed by atoms with Crippen molar-refractivity contribution in [2.75, 3.05) is 20.1 Å². The molecule has 1 amide bonds. The summed E-state index contributed by atoms with van der Waals surface area (Å²) >= 11 is 0. The standard InChI is InChI=1S/C15H21N3O3/c1-3-11-6-7-12(9-14(11)18(20)21)15(19)17-8-4-5-13(10-17)16-2/h6-7,9,13,16H,3-5,8,10H2,1-2H3. The maximum absolute atomic E-state index is 12.5. The molecule has 1 aromatic carbocycles. The molecule has 1 atom stereocenters. The third-order valence-electron chi connectivity index (χ3n) is 4.03. The summed E-state index contributed by atoms with van der Waals surface area (Å²) in [6.45, 7) is 3.23. The molecule has 0 radical (unpaired) electrons. The van der Waals surface area contributed by atoms with Gasteiger partial charge in [0.25, 0.3) is 11.6 Å². The molecule has 1 aliphatic heterocycles. The zero-order valence-corrected chi connectivity index (χ0v) is 12.5. The fourth-order valence-corrected chi connectivity index (χ4v) is 2.75. The maximum atomic E-state index is 12.5. The van der Waals surface area contributed by atoms with Gasteiger partial charge in [-0.1, -0.05) is 13.0 Å². The van der Waals surface area contributed by atoms with Gasteiger partial charge >= 0.3 is 0 Å². The molecule has 1 heterocycles. The maximum Gasteiger partial charge on any atom is 0.273 e. The first-order chi connectivity index (χ1) is 10.1. The van der Waals surface area contributed by atoms with Crippen LogP contribution in [0.1, 0.15) is 35.7 Å². The van der Waals surface area contributed by atoms with Crippen molar-refractivity contribution in [1.82, 2.24) is 10.2 Å². The lowest BCUT2D eigenvalue weighted by molar-refractivity contribution is -0.385. The van der Waals surface area contributed by atoms with E-state index < -0.39 is 4.92 Å². The minimum Gasteiger partial charge on any atom is -0.337 e. The number of rotatable bonds is 4. The predicted octanol–water partition coefficient (Wildman–Crippen LogP) is 1.98. The van der Waals surface area contributed by atoms with Gasteiger partial charge in [0, 0.05) is 36.3 Å². The summed E-state index contributed by atoms with van der Waals surface area (Å²) in [5.74, 6) is -0.124. The highest BCUT2D eigenvalue weighted by Gasteiger charge is 2.25. The third kappa shape index (κ3) is 3.39. The minimum atomic E-state index is -0.414. The van der Waals surface area contributed by atoms with Crippen LogP contribution in [0.5, 0.6) is 0 Å². The van der Waals surface area contributed by atoms with Crippen molar-refractivity contribution in [2.24, 2.45) is 0 Å². The lowest BCUT2D eigenvalue weighted by Gasteiger charge is -2.32. The Bertz CT molecular complexity index is 545. The fraction of sp³-hybridized carbons (Fsp3) is 0.533. The lowest BCUT2D eigenvalue weighted by Crippen LogP contribution is -2.46.